The molecule has 0 aliphatic carbocycles. The Balaban J connectivity index is 2.18. The lowest BCUT2D eigenvalue weighted by molar-refractivity contribution is 0.149. The van der Waals surface area contributed by atoms with Gasteiger partial charge < -0.3 is 5.32 Å². The first-order chi connectivity index (χ1) is 10.7. The van der Waals surface area contributed by atoms with Crippen molar-refractivity contribution in [2.24, 2.45) is 0 Å². The van der Waals surface area contributed by atoms with Crippen LogP contribution in [0.15, 0.2) is 49.6 Å². The number of nitrogens with zero attached hydrogens (tertiary/aromatic N) is 2. The lowest BCUT2D eigenvalue weighted by Gasteiger charge is -2.36. The van der Waals surface area contributed by atoms with Gasteiger partial charge in [-0.3, -0.25) is 9.80 Å². The Morgan fingerprint density at radius 3 is 2.27 bits per heavy atom. The van der Waals surface area contributed by atoms with Crippen molar-refractivity contribution in [3.05, 3.63) is 60.2 Å². The molecule has 1 fully saturated rings. The van der Waals surface area contributed by atoms with Crippen LogP contribution < -0.4 is 5.32 Å². The summed E-state index contributed by atoms with van der Waals surface area (Å²) in [7, 11) is 0. The highest BCUT2D eigenvalue weighted by atomic mass is 35.5. The van der Waals surface area contributed by atoms with Crippen LogP contribution in [-0.4, -0.2) is 55.6 Å². The molecule has 1 aliphatic rings. The summed E-state index contributed by atoms with van der Waals surface area (Å²) < 4.78 is 0. The third kappa shape index (κ3) is 4.96. The number of rotatable bonds is 8. The minimum absolute atomic E-state index is 0.325. The van der Waals surface area contributed by atoms with Crippen LogP contribution in [-0.2, 0) is 0 Å². The summed E-state index contributed by atoms with van der Waals surface area (Å²) in [6.45, 7) is 14.8. The van der Waals surface area contributed by atoms with E-state index in [0.717, 1.165) is 50.8 Å². The second-order valence-electron chi connectivity index (χ2n) is 5.65. The van der Waals surface area contributed by atoms with Crippen molar-refractivity contribution >= 4 is 11.6 Å². The van der Waals surface area contributed by atoms with Crippen molar-refractivity contribution in [3.8, 4) is 0 Å². The summed E-state index contributed by atoms with van der Waals surface area (Å²) in [6.07, 6.45) is 3.92. The van der Waals surface area contributed by atoms with E-state index >= 15 is 0 Å². The van der Waals surface area contributed by atoms with E-state index in [-0.39, 0.29) is 0 Å². The molecule has 1 aromatic carbocycles. The van der Waals surface area contributed by atoms with Gasteiger partial charge in [0.2, 0.25) is 0 Å². The predicted molar refractivity (Wildman–Crippen MR) is 95.5 cm³/mol. The topological polar surface area (TPSA) is 18.5 Å². The summed E-state index contributed by atoms with van der Waals surface area (Å²) in [5, 5.41) is 4.19. The maximum Gasteiger partial charge on any atom is 0.0481 e. The fraction of sp³-hybridized carbons (Fsp3) is 0.444. The smallest absolute Gasteiger partial charge is 0.0481 e. The Morgan fingerprint density at radius 1 is 1.14 bits per heavy atom. The van der Waals surface area contributed by atoms with Crippen LogP contribution in [0.1, 0.15) is 11.6 Å². The number of benzene rings is 1. The number of hydrogen-bond acceptors (Lipinski definition) is 3. The maximum absolute atomic E-state index is 6.05. The fourth-order valence-electron chi connectivity index (χ4n) is 2.92. The lowest BCUT2D eigenvalue weighted by Crippen LogP contribution is -2.47. The average molecular weight is 320 g/mol. The SMILES string of the molecule is C=CCN(CC=C)C(CN1CCNCC1)c1ccc(Cl)cc1. The van der Waals surface area contributed by atoms with Crippen molar-refractivity contribution in [2.75, 3.05) is 45.8 Å². The highest BCUT2D eigenvalue weighted by molar-refractivity contribution is 6.30. The zero-order valence-corrected chi connectivity index (χ0v) is 13.9. The van der Waals surface area contributed by atoms with Crippen LogP contribution in [0.5, 0.6) is 0 Å². The van der Waals surface area contributed by atoms with Gasteiger partial charge in [-0.05, 0) is 17.7 Å². The molecule has 0 bridgehead atoms. The van der Waals surface area contributed by atoms with Gasteiger partial charge in [-0.25, -0.2) is 0 Å². The van der Waals surface area contributed by atoms with Crippen LogP contribution in [0.4, 0.5) is 0 Å². The molecule has 120 valence electrons. The monoisotopic (exact) mass is 319 g/mol. The molecule has 1 aliphatic heterocycles. The molecule has 1 unspecified atom stereocenters. The molecular weight excluding hydrogens is 294 g/mol. The molecule has 1 N–H and O–H groups in total. The molecule has 1 heterocycles. The van der Waals surface area contributed by atoms with Gasteiger partial charge in [-0.1, -0.05) is 35.9 Å². The zero-order valence-electron chi connectivity index (χ0n) is 13.2. The van der Waals surface area contributed by atoms with Crippen molar-refractivity contribution in [1.29, 1.82) is 0 Å². The Bertz CT molecular complexity index is 456. The highest BCUT2D eigenvalue weighted by Gasteiger charge is 2.22. The number of piperazine rings is 1. The normalized spacial score (nSPS) is 17.4. The van der Waals surface area contributed by atoms with E-state index in [1.807, 2.05) is 24.3 Å². The van der Waals surface area contributed by atoms with Gasteiger partial charge in [-0.2, -0.15) is 0 Å². The molecule has 2 rings (SSSR count). The largest absolute Gasteiger partial charge is 0.314 e. The first-order valence-corrected chi connectivity index (χ1v) is 8.26. The molecule has 1 atom stereocenters. The van der Waals surface area contributed by atoms with Crippen LogP contribution in [0.3, 0.4) is 0 Å². The zero-order chi connectivity index (χ0) is 15.8. The van der Waals surface area contributed by atoms with Crippen LogP contribution >= 0.6 is 11.6 Å². The highest BCUT2D eigenvalue weighted by Crippen LogP contribution is 2.24. The van der Waals surface area contributed by atoms with Gasteiger partial charge in [0.1, 0.15) is 0 Å². The van der Waals surface area contributed by atoms with Gasteiger partial charge in [0.25, 0.3) is 0 Å². The number of nitrogens with one attached hydrogen (secondary N) is 1. The molecule has 0 radical (unpaired) electrons. The molecule has 4 heteroatoms. The van der Waals surface area contributed by atoms with Gasteiger partial charge in [0, 0.05) is 56.9 Å². The van der Waals surface area contributed by atoms with Gasteiger partial charge in [0.15, 0.2) is 0 Å². The van der Waals surface area contributed by atoms with E-state index in [2.05, 4.69) is 40.4 Å². The van der Waals surface area contributed by atoms with E-state index in [9.17, 15) is 0 Å². The van der Waals surface area contributed by atoms with Crippen molar-refractivity contribution in [3.63, 3.8) is 0 Å². The van der Waals surface area contributed by atoms with Crippen molar-refractivity contribution < 1.29 is 0 Å². The summed E-state index contributed by atoms with van der Waals surface area (Å²) in [6, 6.07) is 8.54. The average Bonchev–Trinajstić information content (AvgIpc) is 2.54. The summed E-state index contributed by atoms with van der Waals surface area (Å²) in [4.78, 5) is 4.93. The van der Waals surface area contributed by atoms with Crippen LogP contribution in [0.25, 0.3) is 0 Å². The van der Waals surface area contributed by atoms with Gasteiger partial charge in [0.05, 0.1) is 0 Å². The maximum atomic E-state index is 6.05. The summed E-state index contributed by atoms with van der Waals surface area (Å²) >= 11 is 6.05. The molecule has 0 saturated carbocycles. The molecule has 1 aromatic rings. The standard InChI is InChI=1S/C18H26ClN3/c1-3-11-22(12-4-2)18(15-21-13-9-20-10-14-21)16-5-7-17(19)8-6-16/h3-8,18,20H,1-2,9-15H2. The number of halogens is 1. The molecule has 0 aromatic heterocycles. The Labute approximate surface area is 139 Å². The molecule has 0 amide bonds. The Hall–Kier alpha value is -1.13. The predicted octanol–water partition coefficient (Wildman–Crippen LogP) is 2.96. The van der Waals surface area contributed by atoms with Crippen molar-refractivity contribution in [2.45, 2.75) is 6.04 Å². The minimum Gasteiger partial charge on any atom is -0.314 e. The van der Waals surface area contributed by atoms with Crippen molar-refractivity contribution in [1.82, 2.24) is 15.1 Å². The minimum atomic E-state index is 0.325. The first-order valence-electron chi connectivity index (χ1n) is 7.89. The molecular formula is C18H26ClN3. The molecule has 3 nitrogen and oxygen atoms in total. The van der Waals surface area contributed by atoms with Gasteiger partial charge >= 0.3 is 0 Å². The second kappa shape index (κ2) is 9.11. The third-order valence-electron chi connectivity index (χ3n) is 4.06. The van der Waals surface area contributed by atoms with Gasteiger partial charge in [-0.15, -0.1) is 13.2 Å². The van der Waals surface area contributed by atoms with E-state index in [0.29, 0.717) is 6.04 Å². The van der Waals surface area contributed by atoms with Crippen LogP contribution in [0.2, 0.25) is 5.02 Å². The summed E-state index contributed by atoms with van der Waals surface area (Å²) in [5.74, 6) is 0. The molecule has 22 heavy (non-hydrogen) atoms. The van der Waals surface area contributed by atoms with E-state index in [1.54, 1.807) is 0 Å². The summed E-state index contributed by atoms with van der Waals surface area (Å²) in [5.41, 5.74) is 1.30. The Morgan fingerprint density at radius 2 is 1.73 bits per heavy atom. The molecule has 1 saturated heterocycles. The number of hydrogen-bond donors (Lipinski definition) is 1. The quantitative estimate of drug-likeness (QED) is 0.743. The fourth-order valence-corrected chi connectivity index (χ4v) is 3.04. The lowest BCUT2D eigenvalue weighted by atomic mass is 10.0. The molecule has 0 spiro atoms. The van der Waals surface area contributed by atoms with E-state index in [1.165, 1.54) is 5.56 Å². The Kier molecular flexibility index (Phi) is 7.13. The van der Waals surface area contributed by atoms with E-state index < -0.39 is 0 Å². The second-order valence-corrected chi connectivity index (χ2v) is 6.09. The third-order valence-corrected chi connectivity index (χ3v) is 4.32. The van der Waals surface area contributed by atoms with Crippen LogP contribution in [0, 0.1) is 0 Å². The van der Waals surface area contributed by atoms with E-state index in [4.69, 9.17) is 11.6 Å². The first kappa shape index (κ1) is 17.2.